The number of carbonyl (C=O) groups is 1. The molecule has 6 nitrogen and oxygen atoms in total. The first-order chi connectivity index (χ1) is 14.3. The third-order valence-electron chi connectivity index (χ3n) is 5.68. The molecule has 0 amide bonds. The molecule has 2 aliphatic heterocycles. The molecule has 4 rings (SSSR count). The van der Waals surface area contributed by atoms with Gasteiger partial charge in [0.05, 0.1) is 35.3 Å². The van der Waals surface area contributed by atoms with Crippen LogP contribution in [0.15, 0.2) is 30.6 Å². The lowest BCUT2D eigenvalue weighted by Crippen LogP contribution is -2.42. The minimum Gasteiger partial charge on any atom is -0.462 e. The Labute approximate surface area is 172 Å². The van der Waals surface area contributed by atoms with Gasteiger partial charge in [0, 0.05) is 37.4 Å². The molecule has 1 saturated heterocycles. The largest absolute Gasteiger partial charge is 0.462 e. The normalized spacial score (nSPS) is 20.5. The van der Waals surface area contributed by atoms with E-state index in [2.05, 4.69) is 15.6 Å². The average Bonchev–Trinajstić information content (AvgIpc) is 3.00. The maximum atomic E-state index is 13.9. The lowest BCUT2D eigenvalue weighted by atomic mass is 9.89. The highest BCUT2D eigenvalue weighted by molar-refractivity contribution is 5.90. The van der Waals surface area contributed by atoms with Crippen molar-refractivity contribution in [3.63, 3.8) is 0 Å². The number of fused-ring (bicyclic) bond motifs is 3. The second-order valence-electron chi connectivity index (χ2n) is 7.54. The molecule has 0 aliphatic carbocycles. The van der Waals surface area contributed by atoms with Gasteiger partial charge >= 0.3 is 12.1 Å². The summed E-state index contributed by atoms with van der Waals surface area (Å²) in [6.45, 7) is 3.35. The summed E-state index contributed by atoms with van der Waals surface area (Å²) >= 11 is 0. The summed E-state index contributed by atoms with van der Waals surface area (Å²) in [6.07, 6.45) is -0.871. The highest BCUT2D eigenvalue weighted by atomic mass is 19.4. The molecule has 30 heavy (non-hydrogen) atoms. The lowest BCUT2D eigenvalue weighted by molar-refractivity contribution is -0.137. The second-order valence-corrected chi connectivity index (χ2v) is 7.54. The first-order valence-corrected chi connectivity index (χ1v) is 9.87. The molecule has 9 heteroatoms. The molecule has 2 aromatic rings. The van der Waals surface area contributed by atoms with Gasteiger partial charge in [-0.3, -0.25) is 4.98 Å². The highest BCUT2D eigenvalue weighted by Crippen LogP contribution is 2.50. The third kappa shape index (κ3) is 3.69. The van der Waals surface area contributed by atoms with Gasteiger partial charge in [-0.05, 0) is 43.7 Å². The fraction of sp³-hybridized carbons (Fsp3) is 0.429. The van der Waals surface area contributed by atoms with Crippen molar-refractivity contribution in [2.75, 3.05) is 37.0 Å². The molecule has 0 radical (unpaired) electrons. The molecule has 2 N–H and O–H groups in total. The van der Waals surface area contributed by atoms with E-state index in [1.807, 2.05) is 0 Å². The summed E-state index contributed by atoms with van der Waals surface area (Å²) in [5, 5.41) is 6.27. The van der Waals surface area contributed by atoms with E-state index in [-0.39, 0.29) is 29.8 Å². The zero-order valence-corrected chi connectivity index (χ0v) is 16.7. The summed E-state index contributed by atoms with van der Waals surface area (Å²) in [5.41, 5.74) is 1.23. The minimum absolute atomic E-state index is 0.00871. The van der Waals surface area contributed by atoms with Gasteiger partial charge < -0.3 is 20.3 Å². The number of likely N-dealkylation sites (N-methyl/N-ethyl adjacent to an activating group) is 1. The molecule has 0 spiro atoms. The molecular weight excluding hydrogens is 397 g/mol. The van der Waals surface area contributed by atoms with Crippen LogP contribution in [-0.2, 0) is 10.9 Å². The predicted octanol–water partition coefficient (Wildman–Crippen LogP) is 3.92. The Balaban J connectivity index is 1.73. The monoisotopic (exact) mass is 420 g/mol. The Morgan fingerprint density at radius 3 is 2.83 bits per heavy atom. The van der Waals surface area contributed by atoms with Gasteiger partial charge in [0.1, 0.15) is 0 Å². The molecule has 0 saturated carbocycles. The zero-order chi connectivity index (χ0) is 21.5. The first-order valence-electron chi connectivity index (χ1n) is 9.87. The summed E-state index contributed by atoms with van der Waals surface area (Å²) in [6, 6.07) is 4.46. The van der Waals surface area contributed by atoms with Gasteiger partial charge in [0.15, 0.2) is 0 Å². The highest BCUT2D eigenvalue weighted by Gasteiger charge is 2.45. The molecule has 160 valence electrons. The van der Waals surface area contributed by atoms with Gasteiger partial charge in [-0.15, -0.1) is 0 Å². The van der Waals surface area contributed by atoms with E-state index < -0.39 is 17.7 Å². The predicted molar refractivity (Wildman–Crippen MR) is 107 cm³/mol. The van der Waals surface area contributed by atoms with Crippen LogP contribution in [0, 0.1) is 0 Å². The van der Waals surface area contributed by atoms with Gasteiger partial charge in [-0.1, -0.05) is 0 Å². The van der Waals surface area contributed by atoms with E-state index in [0.29, 0.717) is 23.5 Å². The van der Waals surface area contributed by atoms with Crippen LogP contribution in [0.25, 0.3) is 0 Å². The molecule has 2 atom stereocenters. The third-order valence-corrected chi connectivity index (χ3v) is 5.68. The van der Waals surface area contributed by atoms with E-state index in [9.17, 15) is 18.0 Å². The Bertz CT molecular complexity index is 964. The van der Waals surface area contributed by atoms with E-state index in [1.54, 1.807) is 24.9 Å². The molecule has 0 unspecified atom stereocenters. The number of pyridine rings is 1. The summed E-state index contributed by atoms with van der Waals surface area (Å²) in [4.78, 5) is 17.7. The fourth-order valence-corrected chi connectivity index (χ4v) is 4.41. The number of nitrogens with one attached hydrogen (secondary N) is 2. The first kappa shape index (κ1) is 20.5. The molecule has 3 heterocycles. The Hall–Kier alpha value is -2.81. The summed E-state index contributed by atoms with van der Waals surface area (Å²) < 4.78 is 46.7. The van der Waals surface area contributed by atoms with E-state index in [1.165, 1.54) is 18.5 Å². The number of benzene rings is 1. The number of esters is 1. The van der Waals surface area contributed by atoms with Crippen LogP contribution in [0.5, 0.6) is 0 Å². The number of ether oxygens (including phenoxy) is 1. The van der Waals surface area contributed by atoms with E-state index >= 15 is 0 Å². The standard InChI is InChI=1S/C21H23F3N4O2/c1-3-30-20(29)12-6-14(10-26-9-12)27-13-7-15-16-11-25-5-4-18(16)28(2)19(15)17(8-13)21(22,23)24/h6-10,16,18,25,27H,3-5,11H2,1-2H3/t16-,18-/m1/s1. The SMILES string of the molecule is CCOC(=O)c1cncc(Nc2cc3c(c(C(F)(F)F)c2)N(C)[C@@H]2CCNC[C@H]32)c1. The molecule has 0 bridgehead atoms. The maximum Gasteiger partial charge on any atom is 0.418 e. The van der Waals surface area contributed by atoms with Crippen LogP contribution >= 0.6 is 0 Å². The Morgan fingerprint density at radius 2 is 2.10 bits per heavy atom. The van der Waals surface area contributed by atoms with Crippen molar-refractivity contribution in [3.8, 4) is 0 Å². The average molecular weight is 420 g/mol. The number of aromatic nitrogens is 1. The molecule has 2 aliphatic rings. The van der Waals surface area contributed by atoms with Crippen LogP contribution in [0.4, 0.5) is 30.2 Å². The number of anilines is 3. The number of halogens is 3. The van der Waals surface area contributed by atoms with E-state index in [0.717, 1.165) is 19.0 Å². The number of alkyl halides is 3. The topological polar surface area (TPSA) is 66.5 Å². The maximum absolute atomic E-state index is 13.9. The van der Waals surface area contributed by atoms with Gasteiger partial charge in [0.2, 0.25) is 0 Å². The van der Waals surface area contributed by atoms with Crippen LogP contribution in [0.1, 0.15) is 40.7 Å². The van der Waals surface area contributed by atoms with Crippen molar-refractivity contribution in [1.29, 1.82) is 0 Å². The van der Waals surface area contributed by atoms with Crippen molar-refractivity contribution in [2.24, 2.45) is 0 Å². The number of rotatable bonds is 4. The van der Waals surface area contributed by atoms with Crippen molar-refractivity contribution in [2.45, 2.75) is 31.5 Å². The van der Waals surface area contributed by atoms with Crippen LogP contribution in [0.2, 0.25) is 0 Å². The van der Waals surface area contributed by atoms with Crippen molar-refractivity contribution < 1.29 is 22.7 Å². The molecule has 1 aromatic carbocycles. The Morgan fingerprint density at radius 1 is 1.30 bits per heavy atom. The van der Waals surface area contributed by atoms with Crippen LogP contribution in [-0.4, -0.2) is 43.7 Å². The molecule has 1 fully saturated rings. The number of hydrogen-bond donors (Lipinski definition) is 2. The zero-order valence-electron chi connectivity index (χ0n) is 16.7. The number of carbonyl (C=O) groups excluding carboxylic acids is 1. The van der Waals surface area contributed by atoms with Crippen LogP contribution in [0.3, 0.4) is 0 Å². The number of hydrogen-bond acceptors (Lipinski definition) is 6. The Kier molecular flexibility index (Phi) is 5.31. The van der Waals surface area contributed by atoms with Crippen molar-refractivity contribution in [1.82, 2.24) is 10.3 Å². The van der Waals surface area contributed by atoms with Gasteiger partial charge in [-0.25, -0.2) is 4.79 Å². The fourth-order valence-electron chi connectivity index (χ4n) is 4.41. The molecular formula is C21H23F3N4O2. The van der Waals surface area contributed by atoms with Gasteiger partial charge in [0.25, 0.3) is 0 Å². The van der Waals surface area contributed by atoms with Crippen molar-refractivity contribution in [3.05, 3.63) is 47.3 Å². The van der Waals surface area contributed by atoms with Crippen molar-refractivity contribution >= 4 is 23.0 Å². The summed E-state index contributed by atoms with van der Waals surface area (Å²) in [5.74, 6) is -0.540. The minimum atomic E-state index is -4.48. The molecule has 1 aromatic heterocycles. The second kappa shape index (κ2) is 7.79. The quantitative estimate of drug-likeness (QED) is 0.731. The lowest BCUT2D eigenvalue weighted by Gasteiger charge is -2.31. The summed E-state index contributed by atoms with van der Waals surface area (Å²) in [7, 11) is 1.74. The van der Waals surface area contributed by atoms with Crippen LogP contribution < -0.4 is 15.5 Å². The number of piperidine rings is 1. The van der Waals surface area contributed by atoms with E-state index in [4.69, 9.17) is 4.74 Å². The smallest absolute Gasteiger partial charge is 0.418 e. The number of nitrogens with zero attached hydrogens (tertiary/aromatic N) is 2. The van der Waals surface area contributed by atoms with Gasteiger partial charge in [-0.2, -0.15) is 13.2 Å².